The van der Waals surface area contributed by atoms with Crippen molar-refractivity contribution in [2.45, 2.75) is 12.6 Å². The Hall–Kier alpha value is -2.00. The average Bonchev–Trinajstić information content (AvgIpc) is 2.87. The maximum Gasteiger partial charge on any atom is 0.334 e. The number of hydrogen-bond donors (Lipinski definition) is 2. The van der Waals surface area contributed by atoms with Crippen molar-refractivity contribution in [1.29, 1.82) is 0 Å². The van der Waals surface area contributed by atoms with Crippen LogP contribution in [0.5, 0.6) is 0 Å². The smallest absolute Gasteiger partial charge is 0.334 e. The molecule has 0 radical (unpaired) electrons. The lowest BCUT2D eigenvalue weighted by molar-refractivity contribution is -0.154. The van der Waals surface area contributed by atoms with Gasteiger partial charge in [0.1, 0.15) is 0 Å². The van der Waals surface area contributed by atoms with Crippen LogP contribution in [0.4, 0.5) is 0 Å². The van der Waals surface area contributed by atoms with Gasteiger partial charge in [-0.25, -0.2) is 4.79 Å². The lowest BCUT2D eigenvalue weighted by Crippen LogP contribution is -2.48. The topological polar surface area (TPSA) is 124 Å². The summed E-state index contributed by atoms with van der Waals surface area (Å²) in [5, 5.41) is 16.4. The van der Waals surface area contributed by atoms with Crippen LogP contribution < -0.4 is 5.73 Å². The summed E-state index contributed by atoms with van der Waals surface area (Å²) in [5.41, 5.74) is 5.55. The van der Waals surface area contributed by atoms with Gasteiger partial charge in [-0.15, -0.1) is 5.10 Å². The van der Waals surface area contributed by atoms with Gasteiger partial charge >= 0.3 is 5.97 Å². The molecule has 1 aliphatic rings. The van der Waals surface area contributed by atoms with E-state index in [2.05, 4.69) is 10.3 Å². The summed E-state index contributed by atoms with van der Waals surface area (Å²) < 4.78 is 6.52. The van der Waals surface area contributed by atoms with E-state index < -0.39 is 12.1 Å². The number of nitrogens with zero attached hydrogens (tertiary/aromatic N) is 4. The number of aromatic nitrogens is 3. The second kappa shape index (κ2) is 5.76. The third-order valence-corrected chi connectivity index (χ3v) is 2.75. The minimum absolute atomic E-state index is 0.0118. The van der Waals surface area contributed by atoms with E-state index in [0.717, 1.165) is 0 Å². The number of morpholine rings is 1. The molecule has 104 valence electrons. The fourth-order valence-electron chi connectivity index (χ4n) is 1.78. The van der Waals surface area contributed by atoms with Gasteiger partial charge in [-0.3, -0.25) is 9.48 Å². The second-order valence-corrected chi connectivity index (χ2v) is 4.10. The Morgan fingerprint density at radius 1 is 1.58 bits per heavy atom. The molecular weight excluding hydrogens is 254 g/mol. The van der Waals surface area contributed by atoms with Crippen molar-refractivity contribution >= 4 is 11.9 Å². The largest absolute Gasteiger partial charge is 0.479 e. The third kappa shape index (κ3) is 3.06. The van der Waals surface area contributed by atoms with Gasteiger partial charge in [0.15, 0.2) is 11.8 Å². The van der Waals surface area contributed by atoms with Gasteiger partial charge < -0.3 is 20.5 Å². The van der Waals surface area contributed by atoms with E-state index in [1.807, 2.05) is 0 Å². The molecule has 1 aliphatic heterocycles. The van der Waals surface area contributed by atoms with Crippen molar-refractivity contribution in [2.75, 3.05) is 26.2 Å². The SMILES string of the molecule is NCCn1cc(C(=O)N2CCOC(C(=O)O)C2)nn1. The molecule has 3 N–H and O–H groups in total. The minimum Gasteiger partial charge on any atom is -0.479 e. The van der Waals surface area contributed by atoms with Gasteiger partial charge in [-0.1, -0.05) is 5.21 Å². The number of rotatable bonds is 4. The van der Waals surface area contributed by atoms with E-state index in [1.165, 1.54) is 15.8 Å². The van der Waals surface area contributed by atoms with Gasteiger partial charge in [0.25, 0.3) is 5.91 Å². The molecule has 0 spiro atoms. The van der Waals surface area contributed by atoms with Crippen molar-refractivity contribution < 1.29 is 19.4 Å². The molecular formula is C10H15N5O4. The molecule has 1 aromatic rings. The number of hydrogen-bond acceptors (Lipinski definition) is 6. The molecule has 2 rings (SSSR count). The average molecular weight is 269 g/mol. The number of amides is 1. The zero-order chi connectivity index (χ0) is 13.8. The summed E-state index contributed by atoms with van der Waals surface area (Å²) in [6.45, 7) is 1.42. The molecule has 1 atom stereocenters. The molecule has 1 fully saturated rings. The molecule has 9 heteroatoms. The van der Waals surface area contributed by atoms with Crippen molar-refractivity contribution in [3.63, 3.8) is 0 Å². The summed E-state index contributed by atoms with van der Waals surface area (Å²) in [4.78, 5) is 24.4. The molecule has 1 unspecified atom stereocenters. The number of carbonyl (C=O) groups excluding carboxylic acids is 1. The normalized spacial score (nSPS) is 19.4. The Kier molecular flexibility index (Phi) is 4.07. The summed E-state index contributed by atoms with van der Waals surface area (Å²) in [7, 11) is 0. The standard InChI is InChI=1S/C10H15N5O4/c11-1-2-15-5-7(12-13-15)9(16)14-3-4-19-8(6-14)10(17)18/h5,8H,1-4,6,11H2,(H,17,18). The Bertz CT molecular complexity index is 474. The first-order chi connectivity index (χ1) is 9.11. The van der Waals surface area contributed by atoms with Crippen LogP contribution >= 0.6 is 0 Å². The van der Waals surface area contributed by atoms with Crippen LogP contribution in [0.1, 0.15) is 10.5 Å². The van der Waals surface area contributed by atoms with Gasteiger partial charge in [0.2, 0.25) is 0 Å². The van der Waals surface area contributed by atoms with E-state index in [0.29, 0.717) is 19.6 Å². The summed E-state index contributed by atoms with van der Waals surface area (Å²) >= 11 is 0. The Labute approximate surface area is 108 Å². The van der Waals surface area contributed by atoms with E-state index in [4.69, 9.17) is 15.6 Å². The third-order valence-electron chi connectivity index (χ3n) is 2.75. The quantitative estimate of drug-likeness (QED) is 0.658. The molecule has 19 heavy (non-hydrogen) atoms. The summed E-state index contributed by atoms with van der Waals surface area (Å²) in [5.74, 6) is -1.43. The number of ether oxygens (including phenoxy) is 1. The molecule has 9 nitrogen and oxygen atoms in total. The van der Waals surface area contributed by atoms with E-state index in [9.17, 15) is 9.59 Å². The van der Waals surface area contributed by atoms with Crippen LogP contribution in [-0.2, 0) is 16.1 Å². The highest BCUT2D eigenvalue weighted by Gasteiger charge is 2.30. The lowest BCUT2D eigenvalue weighted by atomic mass is 10.2. The van der Waals surface area contributed by atoms with E-state index in [1.54, 1.807) is 0 Å². The van der Waals surface area contributed by atoms with Crippen LogP contribution in [0.3, 0.4) is 0 Å². The van der Waals surface area contributed by atoms with Gasteiger partial charge in [0.05, 0.1) is 25.9 Å². The van der Waals surface area contributed by atoms with Gasteiger partial charge in [-0.05, 0) is 0 Å². The van der Waals surface area contributed by atoms with Crippen LogP contribution in [0, 0.1) is 0 Å². The van der Waals surface area contributed by atoms with Crippen LogP contribution in [0.15, 0.2) is 6.20 Å². The zero-order valence-electron chi connectivity index (χ0n) is 10.2. The highest BCUT2D eigenvalue weighted by molar-refractivity contribution is 5.92. The predicted octanol–water partition coefficient (Wildman–Crippen LogP) is -1.84. The van der Waals surface area contributed by atoms with Crippen LogP contribution in [0.25, 0.3) is 0 Å². The number of carboxylic acid groups (broad SMARTS) is 1. The first-order valence-corrected chi connectivity index (χ1v) is 5.85. The monoisotopic (exact) mass is 269 g/mol. The first-order valence-electron chi connectivity index (χ1n) is 5.85. The predicted molar refractivity (Wildman–Crippen MR) is 62.4 cm³/mol. The second-order valence-electron chi connectivity index (χ2n) is 4.10. The summed E-state index contributed by atoms with van der Waals surface area (Å²) in [6, 6.07) is 0. The maximum atomic E-state index is 12.1. The highest BCUT2D eigenvalue weighted by atomic mass is 16.5. The molecule has 1 aromatic heterocycles. The molecule has 1 saturated heterocycles. The number of carbonyl (C=O) groups is 2. The minimum atomic E-state index is -1.08. The highest BCUT2D eigenvalue weighted by Crippen LogP contribution is 2.09. The fourth-order valence-corrected chi connectivity index (χ4v) is 1.78. The number of aliphatic carboxylic acids is 1. The number of carboxylic acids is 1. The molecule has 1 amide bonds. The van der Waals surface area contributed by atoms with Crippen molar-refractivity contribution in [3.8, 4) is 0 Å². The Morgan fingerprint density at radius 2 is 2.37 bits per heavy atom. The van der Waals surface area contributed by atoms with Gasteiger partial charge in [0, 0.05) is 13.1 Å². The Balaban J connectivity index is 2.03. The maximum absolute atomic E-state index is 12.1. The fraction of sp³-hybridized carbons (Fsp3) is 0.600. The molecule has 0 bridgehead atoms. The first kappa shape index (κ1) is 13.4. The van der Waals surface area contributed by atoms with Crippen LogP contribution in [0.2, 0.25) is 0 Å². The summed E-state index contributed by atoms with van der Waals surface area (Å²) in [6.07, 6.45) is 0.511. The van der Waals surface area contributed by atoms with Gasteiger partial charge in [-0.2, -0.15) is 0 Å². The number of nitrogens with two attached hydrogens (primary N) is 1. The molecule has 0 saturated carbocycles. The van der Waals surface area contributed by atoms with Crippen molar-refractivity contribution in [3.05, 3.63) is 11.9 Å². The molecule has 0 aromatic carbocycles. The van der Waals surface area contributed by atoms with Crippen molar-refractivity contribution in [1.82, 2.24) is 19.9 Å². The van der Waals surface area contributed by atoms with E-state index >= 15 is 0 Å². The molecule has 0 aliphatic carbocycles. The Morgan fingerprint density at radius 3 is 3.05 bits per heavy atom. The van der Waals surface area contributed by atoms with Crippen molar-refractivity contribution in [2.24, 2.45) is 5.73 Å². The van der Waals surface area contributed by atoms with E-state index in [-0.39, 0.29) is 24.8 Å². The van der Waals surface area contributed by atoms with Crippen LogP contribution in [-0.4, -0.2) is 69.2 Å². The lowest BCUT2D eigenvalue weighted by Gasteiger charge is -2.30. The molecule has 2 heterocycles. The zero-order valence-corrected chi connectivity index (χ0v) is 10.2.